The highest BCUT2D eigenvalue weighted by atomic mass is 15.2. The Morgan fingerprint density at radius 3 is 2.62 bits per heavy atom. The minimum Gasteiger partial charge on any atom is -0.302 e. The molecule has 2 rings (SSSR count). The molecule has 0 aromatic heterocycles. The Balaban J connectivity index is 1.92. The lowest BCUT2D eigenvalue weighted by Gasteiger charge is -2.31. The van der Waals surface area contributed by atoms with E-state index in [1.165, 1.54) is 12.0 Å². The smallest absolute Gasteiger partial charge is 0.0588 e. The second kappa shape index (κ2) is 3.90. The highest BCUT2D eigenvalue weighted by molar-refractivity contribution is 5.18. The van der Waals surface area contributed by atoms with Gasteiger partial charge in [0.25, 0.3) is 0 Å². The van der Waals surface area contributed by atoms with Crippen LogP contribution < -0.4 is 10.6 Å². The van der Waals surface area contributed by atoms with Crippen LogP contribution in [0.25, 0.3) is 0 Å². The van der Waals surface area contributed by atoms with Gasteiger partial charge in [-0.25, -0.2) is 0 Å². The third-order valence-corrected chi connectivity index (χ3v) is 2.57. The number of hydrogen-bond donors (Lipinski definition) is 2. The van der Waals surface area contributed by atoms with Gasteiger partial charge in [-0.1, -0.05) is 30.3 Å². The van der Waals surface area contributed by atoms with Crippen LogP contribution in [0.1, 0.15) is 24.9 Å². The predicted molar refractivity (Wildman–Crippen MR) is 54.4 cm³/mol. The maximum Gasteiger partial charge on any atom is 0.0588 e. The summed E-state index contributed by atoms with van der Waals surface area (Å²) in [5, 5.41) is 6.86. The molecule has 1 aromatic rings. The second-order valence-electron chi connectivity index (χ2n) is 3.59. The Labute approximate surface area is 79.4 Å². The minimum atomic E-state index is 0.444. The van der Waals surface area contributed by atoms with Crippen molar-refractivity contribution >= 4 is 0 Å². The molecule has 2 N–H and O–H groups in total. The number of benzene rings is 1. The summed E-state index contributed by atoms with van der Waals surface area (Å²) in [6, 6.07) is 11.0. The minimum absolute atomic E-state index is 0.444. The molecular formula is C11H16N2. The van der Waals surface area contributed by atoms with E-state index in [9.17, 15) is 0 Å². The van der Waals surface area contributed by atoms with Crippen molar-refractivity contribution in [3.63, 3.8) is 0 Å². The first-order valence-corrected chi connectivity index (χ1v) is 4.90. The molecule has 1 saturated heterocycles. The van der Waals surface area contributed by atoms with Crippen LogP contribution in [-0.2, 0) is 0 Å². The Hall–Kier alpha value is -0.860. The van der Waals surface area contributed by atoms with Gasteiger partial charge in [-0.3, -0.25) is 5.32 Å². The van der Waals surface area contributed by atoms with Crippen LogP contribution in [-0.4, -0.2) is 12.7 Å². The lowest BCUT2D eigenvalue weighted by Crippen LogP contribution is -2.53. The lowest BCUT2D eigenvalue weighted by molar-refractivity contribution is 0.285. The maximum absolute atomic E-state index is 3.52. The van der Waals surface area contributed by atoms with E-state index in [0.29, 0.717) is 12.2 Å². The van der Waals surface area contributed by atoms with Crippen molar-refractivity contribution in [1.29, 1.82) is 0 Å². The summed E-state index contributed by atoms with van der Waals surface area (Å²) < 4.78 is 0. The summed E-state index contributed by atoms with van der Waals surface area (Å²) >= 11 is 0. The molecule has 0 aliphatic carbocycles. The normalized spacial score (nSPS) is 23.6. The van der Waals surface area contributed by atoms with E-state index in [4.69, 9.17) is 0 Å². The van der Waals surface area contributed by atoms with Crippen LogP contribution in [0.3, 0.4) is 0 Å². The molecule has 0 bridgehead atoms. The molecular weight excluding hydrogens is 160 g/mol. The van der Waals surface area contributed by atoms with Crippen molar-refractivity contribution in [3.05, 3.63) is 35.9 Å². The Morgan fingerprint density at radius 1 is 1.38 bits per heavy atom. The fraction of sp³-hybridized carbons (Fsp3) is 0.455. The van der Waals surface area contributed by atoms with Gasteiger partial charge in [0.15, 0.2) is 0 Å². The maximum atomic E-state index is 3.52. The SMILES string of the molecule is C[C@H](NC1CCN1)c1ccccc1. The zero-order valence-electron chi connectivity index (χ0n) is 7.96. The van der Waals surface area contributed by atoms with Crippen molar-refractivity contribution in [1.82, 2.24) is 10.6 Å². The van der Waals surface area contributed by atoms with Crippen molar-refractivity contribution in [2.45, 2.75) is 25.6 Å². The number of hydrogen-bond acceptors (Lipinski definition) is 2. The van der Waals surface area contributed by atoms with Crippen molar-refractivity contribution in [2.75, 3.05) is 6.54 Å². The third-order valence-electron chi connectivity index (χ3n) is 2.57. The standard InChI is InChI=1S/C11H16N2/c1-9(13-11-7-8-12-11)10-5-3-2-4-6-10/h2-6,9,11-13H,7-8H2,1H3/t9-,11?/m0/s1. The fourth-order valence-corrected chi connectivity index (χ4v) is 1.57. The molecule has 0 spiro atoms. The molecule has 13 heavy (non-hydrogen) atoms. The molecule has 70 valence electrons. The average molecular weight is 176 g/mol. The van der Waals surface area contributed by atoms with E-state index >= 15 is 0 Å². The van der Waals surface area contributed by atoms with E-state index < -0.39 is 0 Å². The van der Waals surface area contributed by atoms with E-state index in [2.05, 4.69) is 47.9 Å². The molecule has 0 saturated carbocycles. The first kappa shape index (κ1) is 8.73. The van der Waals surface area contributed by atoms with Crippen LogP contribution in [0, 0.1) is 0 Å². The summed E-state index contributed by atoms with van der Waals surface area (Å²) in [5.41, 5.74) is 1.36. The van der Waals surface area contributed by atoms with Gasteiger partial charge in [-0.2, -0.15) is 0 Å². The first-order chi connectivity index (χ1) is 6.36. The van der Waals surface area contributed by atoms with Crippen LogP contribution >= 0.6 is 0 Å². The van der Waals surface area contributed by atoms with Gasteiger partial charge in [0.1, 0.15) is 0 Å². The average Bonchev–Trinajstić information content (AvgIpc) is 2.12. The van der Waals surface area contributed by atoms with Crippen molar-refractivity contribution in [2.24, 2.45) is 0 Å². The zero-order valence-corrected chi connectivity index (χ0v) is 7.96. The van der Waals surface area contributed by atoms with E-state index in [1.807, 2.05) is 0 Å². The Kier molecular flexibility index (Phi) is 2.62. The summed E-state index contributed by atoms with van der Waals surface area (Å²) in [4.78, 5) is 0. The van der Waals surface area contributed by atoms with Crippen LogP contribution in [0.4, 0.5) is 0 Å². The summed E-state index contributed by atoms with van der Waals surface area (Å²) in [6.07, 6.45) is 1.77. The molecule has 2 heteroatoms. The molecule has 1 aromatic carbocycles. The molecule has 2 atom stereocenters. The van der Waals surface area contributed by atoms with Crippen LogP contribution in [0.15, 0.2) is 30.3 Å². The summed E-state index contributed by atoms with van der Waals surface area (Å²) in [6.45, 7) is 3.36. The lowest BCUT2D eigenvalue weighted by atomic mass is 10.1. The predicted octanol–water partition coefficient (Wildman–Crippen LogP) is 1.66. The van der Waals surface area contributed by atoms with Gasteiger partial charge in [0.05, 0.1) is 6.17 Å². The van der Waals surface area contributed by atoms with Gasteiger partial charge in [-0.05, 0) is 25.5 Å². The Morgan fingerprint density at radius 2 is 2.08 bits per heavy atom. The van der Waals surface area contributed by atoms with Gasteiger partial charge < -0.3 is 5.32 Å². The summed E-state index contributed by atoms with van der Waals surface area (Å²) in [5.74, 6) is 0. The molecule has 1 fully saturated rings. The van der Waals surface area contributed by atoms with Crippen molar-refractivity contribution < 1.29 is 0 Å². The fourth-order valence-electron chi connectivity index (χ4n) is 1.57. The van der Waals surface area contributed by atoms with Gasteiger partial charge in [0.2, 0.25) is 0 Å². The molecule has 1 unspecified atom stereocenters. The quantitative estimate of drug-likeness (QED) is 0.732. The molecule has 1 heterocycles. The van der Waals surface area contributed by atoms with Gasteiger partial charge in [-0.15, -0.1) is 0 Å². The topological polar surface area (TPSA) is 24.1 Å². The van der Waals surface area contributed by atoms with E-state index in [0.717, 1.165) is 6.54 Å². The van der Waals surface area contributed by atoms with E-state index in [-0.39, 0.29) is 0 Å². The zero-order chi connectivity index (χ0) is 9.10. The molecule has 0 amide bonds. The number of nitrogens with one attached hydrogen (secondary N) is 2. The molecule has 0 radical (unpaired) electrons. The molecule has 2 nitrogen and oxygen atoms in total. The van der Waals surface area contributed by atoms with Gasteiger partial charge in [0, 0.05) is 6.04 Å². The largest absolute Gasteiger partial charge is 0.302 e. The molecule has 1 aliphatic rings. The summed E-state index contributed by atoms with van der Waals surface area (Å²) in [7, 11) is 0. The van der Waals surface area contributed by atoms with Crippen LogP contribution in [0.2, 0.25) is 0 Å². The number of rotatable bonds is 3. The molecule has 1 aliphatic heterocycles. The van der Waals surface area contributed by atoms with E-state index in [1.54, 1.807) is 0 Å². The second-order valence-corrected chi connectivity index (χ2v) is 3.59. The monoisotopic (exact) mass is 176 g/mol. The Bertz CT molecular complexity index is 254. The third kappa shape index (κ3) is 2.08. The van der Waals surface area contributed by atoms with Crippen LogP contribution in [0.5, 0.6) is 0 Å². The van der Waals surface area contributed by atoms with Crippen molar-refractivity contribution in [3.8, 4) is 0 Å². The highest BCUT2D eigenvalue weighted by Gasteiger charge is 2.18. The first-order valence-electron chi connectivity index (χ1n) is 4.90. The van der Waals surface area contributed by atoms with Gasteiger partial charge >= 0.3 is 0 Å². The highest BCUT2D eigenvalue weighted by Crippen LogP contribution is 2.13.